The van der Waals surface area contributed by atoms with E-state index >= 15 is 0 Å². The van der Waals surface area contributed by atoms with Crippen molar-refractivity contribution in [2.45, 2.75) is 12.2 Å². The van der Waals surface area contributed by atoms with Crippen molar-refractivity contribution in [3.63, 3.8) is 0 Å². The van der Waals surface area contributed by atoms with Crippen molar-refractivity contribution in [1.29, 1.82) is 0 Å². The van der Waals surface area contributed by atoms with Gasteiger partial charge in [-0.05, 0) is 6.92 Å². The molecule has 16 heavy (non-hydrogen) atoms. The zero-order valence-corrected chi connectivity index (χ0v) is 10.0. The van der Waals surface area contributed by atoms with Crippen molar-refractivity contribution < 1.29 is 23.1 Å². The van der Waals surface area contributed by atoms with Crippen LogP contribution in [-0.2, 0) is 19.4 Å². The Bertz CT molecular complexity index is 387. The summed E-state index contributed by atoms with van der Waals surface area (Å²) in [5.74, 6) is -2.23. The molecule has 0 fully saturated rings. The van der Waals surface area contributed by atoms with Crippen molar-refractivity contribution in [3.05, 3.63) is 12.7 Å². The van der Waals surface area contributed by atoms with Crippen LogP contribution in [0.3, 0.4) is 0 Å². The van der Waals surface area contributed by atoms with Crippen LogP contribution in [-0.4, -0.2) is 54.9 Å². The van der Waals surface area contributed by atoms with E-state index in [0.717, 1.165) is 4.90 Å². The number of rotatable bonds is 6. The first kappa shape index (κ1) is 14.6. The van der Waals surface area contributed by atoms with Crippen LogP contribution in [0.1, 0.15) is 6.92 Å². The van der Waals surface area contributed by atoms with E-state index in [1.165, 1.54) is 20.0 Å². The second kappa shape index (κ2) is 5.64. The first-order valence-corrected chi connectivity index (χ1v) is 6.23. The molecule has 0 radical (unpaired) electrons. The van der Waals surface area contributed by atoms with Crippen LogP contribution in [0.4, 0.5) is 0 Å². The number of carbonyl (C=O) groups is 2. The summed E-state index contributed by atoms with van der Waals surface area (Å²) in [5, 5.41) is 7.21. The molecule has 0 heterocycles. The van der Waals surface area contributed by atoms with E-state index in [1.54, 1.807) is 0 Å². The maximum atomic E-state index is 11.5. The molecule has 0 bridgehead atoms. The molecule has 0 aliphatic carbocycles. The normalized spacial score (nSPS) is 12.9. The lowest BCUT2D eigenvalue weighted by Gasteiger charge is -2.19. The lowest BCUT2D eigenvalue weighted by Crippen LogP contribution is -2.42. The third-order valence-electron chi connectivity index (χ3n) is 1.99. The van der Waals surface area contributed by atoms with Crippen LogP contribution in [0.15, 0.2) is 12.7 Å². The van der Waals surface area contributed by atoms with E-state index in [4.69, 9.17) is 5.11 Å². The van der Waals surface area contributed by atoms with E-state index in [0.29, 0.717) is 0 Å². The van der Waals surface area contributed by atoms with E-state index in [9.17, 15) is 18.0 Å². The summed E-state index contributed by atoms with van der Waals surface area (Å²) in [6.07, 6.45) is 1.19. The summed E-state index contributed by atoms with van der Waals surface area (Å²) in [6, 6.07) is 0. The second-order valence-corrected chi connectivity index (χ2v) is 5.71. The molecule has 1 unspecified atom stereocenters. The Hall–Kier alpha value is -1.37. The minimum absolute atomic E-state index is 0.305. The fraction of sp³-hybridized carbons (Fsp3) is 0.556. The number of likely N-dealkylation sites (N-methyl/N-ethyl adjacent to an activating group) is 1. The minimum Gasteiger partial charge on any atom is -0.480 e. The Morgan fingerprint density at radius 3 is 2.38 bits per heavy atom. The van der Waals surface area contributed by atoms with Gasteiger partial charge in [0.1, 0.15) is 11.8 Å². The van der Waals surface area contributed by atoms with Gasteiger partial charge >= 0.3 is 5.97 Å². The molecular formula is C9H15NO5S. The lowest BCUT2D eigenvalue weighted by molar-refractivity contribution is -0.143. The number of aliphatic carboxylic acids is 1. The first-order valence-electron chi connectivity index (χ1n) is 4.51. The van der Waals surface area contributed by atoms with Crippen molar-refractivity contribution >= 4 is 21.7 Å². The molecule has 0 spiro atoms. The molecule has 0 aromatic heterocycles. The van der Waals surface area contributed by atoms with Gasteiger partial charge in [-0.2, -0.15) is 0 Å². The molecule has 0 aliphatic heterocycles. The molecule has 0 aromatic rings. The maximum absolute atomic E-state index is 11.5. The molecular weight excluding hydrogens is 234 g/mol. The van der Waals surface area contributed by atoms with Gasteiger partial charge in [0.2, 0.25) is 5.91 Å². The zero-order valence-electron chi connectivity index (χ0n) is 9.21. The molecule has 7 heteroatoms. The number of sulfone groups is 1. The monoisotopic (exact) mass is 249 g/mol. The molecule has 1 amide bonds. The predicted octanol–water partition coefficient (Wildman–Crippen LogP) is -0.481. The van der Waals surface area contributed by atoms with Gasteiger partial charge in [0.05, 0.1) is 5.75 Å². The van der Waals surface area contributed by atoms with Crippen molar-refractivity contribution in [2.75, 3.05) is 19.3 Å². The summed E-state index contributed by atoms with van der Waals surface area (Å²) < 4.78 is 23.0. The smallest absolute Gasteiger partial charge is 0.323 e. The molecule has 0 aromatic carbocycles. The Balaban J connectivity index is 4.73. The van der Waals surface area contributed by atoms with Crippen molar-refractivity contribution in [2.24, 2.45) is 0 Å². The second-order valence-electron chi connectivity index (χ2n) is 3.35. The quantitative estimate of drug-likeness (QED) is 0.642. The highest BCUT2D eigenvalue weighted by Gasteiger charge is 2.29. The van der Waals surface area contributed by atoms with Gasteiger partial charge < -0.3 is 10.0 Å². The Morgan fingerprint density at radius 1 is 1.50 bits per heavy atom. The standard InChI is InChI=1S/C9H15NO5S/c1-4-5-16(14,15)7(2)9(13)10(3)6-8(11)12/h4,7H,1,5-6H2,2-3H3,(H,11,12). The fourth-order valence-corrected chi connectivity index (χ4v) is 2.16. The largest absolute Gasteiger partial charge is 0.480 e. The fourth-order valence-electron chi connectivity index (χ4n) is 1.05. The number of carboxylic acid groups (broad SMARTS) is 1. The van der Waals surface area contributed by atoms with Crippen LogP contribution in [0.2, 0.25) is 0 Å². The summed E-state index contributed by atoms with van der Waals surface area (Å²) >= 11 is 0. The number of carbonyl (C=O) groups excluding carboxylic acids is 1. The summed E-state index contributed by atoms with van der Waals surface area (Å²) in [4.78, 5) is 22.8. The number of hydrogen-bond donors (Lipinski definition) is 1. The number of nitrogens with zero attached hydrogens (tertiary/aromatic N) is 1. The highest BCUT2D eigenvalue weighted by Crippen LogP contribution is 2.06. The van der Waals surface area contributed by atoms with Gasteiger partial charge in [-0.3, -0.25) is 9.59 Å². The van der Waals surface area contributed by atoms with Gasteiger partial charge in [-0.25, -0.2) is 8.42 Å². The Kier molecular flexibility index (Phi) is 5.16. The van der Waals surface area contributed by atoms with E-state index in [-0.39, 0.29) is 5.75 Å². The Labute approximate surface area is 94.5 Å². The lowest BCUT2D eigenvalue weighted by atomic mass is 10.4. The molecule has 92 valence electrons. The van der Waals surface area contributed by atoms with Crippen molar-refractivity contribution in [3.8, 4) is 0 Å². The molecule has 0 rings (SSSR count). The van der Waals surface area contributed by atoms with Crippen LogP contribution in [0.5, 0.6) is 0 Å². The number of carboxylic acids is 1. The van der Waals surface area contributed by atoms with Gasteiger partial charge in [0.15, 0.2) is 9.84 Å². The van der Waals surface area contributed by atoms with Crippen LogP contribution < -0.4 is 0 Å². The zero-order chi connectivity index (χ0) is 12.9. The third kappa shape index (κ3) is 4.01. The van der Waals surface area contributed by atoms with Crippen LogP contribution >= 0.6 is 0 Å². The summed E-state index contributed by atoms with van der Waals surface area (Å²) in [5.41, 5.74) is 0. The topological polar surface area (TPSA) is 91.8 Å². The van der Waals surface area contributed by atoms with E-state index in [2.05, 4.69) is 6.58 Å². The number of hydrogen-bond acceptors (Lipinski definition) is 4. The van der Waals surface area contributed by atoms with E-state index in [1.807, 2.05) is 0 Å². The third-order valence-corrected chi connectivity index (χ3v) is 3.96. The highest BCUT2D eigenvalue weighted by molar-refractivity contribution is 7.92. The minimum atomic E-state index is -3.59. The molecule has 1 atom stereocenters. The average Bonchev–Trinajstić information content (AvgIpc) is 2.14. The van der Waals surface area contributed by atoms with Crippen molar-refractivity contribution in [1.82, 2.24) is 4.90 Å². The highest BCUT2D eigenvalue weighted by atomic mass is 32.2. The summed E-state index contributed by atoms with van der Waals surface area (Å²) in [7, 11) is -2.35. The van der Waals surface area contributed by atoms with Gasteiger partial charge in [-0.15, -0.1) is 6.58 Å². The molecule has 6 nitrogen and oxygen atoms in total. The predicted molar refractivity (Wildman–Crippen MR) is 58.7 cm³/mol. The Morgan fingerprint density at radius 2 is 2.00 bits per heavy atom. The van der Waals surface area contributed by atoms with Crippen LogP contribution in [0.25, 0.3) is 0 Å². The summed E-state index contributed by atoms with van der Waals surface area (Å²) in [6.45, 7) is 4.00. The average molecular weight is 249 g/mol. The van der Waals surface area contributed by atoms with E-state index < -0.39 is 33.5 Å². The SMILES string of the molecule is C=CCS(=O)(=O)C(C)C(=O)N(C)CC(=O)O. The molecule has 0 saturated heterocycles. The van der Waals surface area contributed by atoms with Gasteiger partial charge in [0.25, 0.3) is 0 Å². The number of amides is 1. The first-order chi connectivity index (χ1) is 7.22. The van der Waals surface area contributed by atoms with Gasteiger partial charge in [0, 0.05) is 7.05 Å². The molecule has 0 saturated carbocycles. The van der Waals surface area contributed by atoms with Crippen LogP contribution in [0, 0.1) is 0 Å². The molecule has 1 N–H and O–H groups in total. The molecule has 0 aliphatic rings. The van der Waals surface area contributed by atoms with Gasteiger partial charge in [-0.1, -0.05) is 6.08 Å². The maximum Gasteiger partial charge on any atom is 0.323 e.